The van der Waals surface area contributed by atoms with Crippen LogP contribution < -0.4 is 5.32 Å². The van der Waals surface area contributed by atoms with Crippen molar-refractivity contribution >= 4 is 11.8 Å². The number of nitrogens with zero attached hydrogens (tertiary/aromatic N) is 2. The van der Waals surface area contributed by atoms with E-state index in [9.17, 15) is 9.59 Å². The third-order valence-electron chi connectivity index (χ3n) is 3.75. The van der Waals surface area contributed by atoms with Gasteiger partial charge in [0.1, 0.15) is 0 Å². The number of nitrogens with one attached hydrogen (secondary N) is 1. The highest BCUT2D eigenvalue weighted by Gasteiger charge is 2.27. The van der Waals surface area contributed by atoms with Crippen molar-refractivity contribution in [3.05, 3.63) is 0 Å². The van der Waals surface area contributed by atoms with Crippen LogP contribution in [0.2, 0.25) is 0 Å². The number of likely N-dealkylation sites (N-methyl/N-ethyl adjacent to an activating group) is 1. The summed E-state index contributed by atoms with van der Waals surface area (Å²) in [4.78, 5) is 27.0. The average molecular weight is 239 g/mol. The zero-order valence-corrected chi connectivity index (χ0v) is 10.4. The molecule has 17 heavy (non-hydrogen) atoms. The van der Waals surface area contributed by atoms with Crippen molar-refractivity contribution in [3.8, 4) is 0 Å². The molecule has 0 radical (unpaired) electrons. The van der Waals surface area contributed by atoms with Gasteiger partial charge in [0.15, 0.2) is 0 Å². The summed E-state index contributed by atoms with van der Waals surface area (Å²) in [5.74, 6) is 0.198. The average Bonchev–Trinajstić information content (AvgIpc) is 2.75. The van der Waals surface area contributed by atoms with Crippen molar-refractivity contribution < 1.29 is 9.59 Å². The minimum Gasteiger partial charge on any atom is -0.341 e. The third-order valence-corrected chi connectivity index (χ3v) is 3.75. The van der Waals surface area contributed by atoms with Gasteiger partial charge in [-0.3, -0.25) is 9.59 Å². The van der Waals surface area contributed by atoms with Crippen molar-refractivity contribution in [2.45, 2.75) is 31.7 Å². The number of hydrogen-bond acceptors (Lipinski definition) is 3. The van der Waals surface area contributed by atoms with Gasteiger partial charge >= 0.3 is 0 Å². The van der Waals surface area contributed by atoms with E-state index >= 15 is 0 Å². The lowest BCUT2D eigenvalue weighted by molar-refractivity contribution is -0.139. The highest BCUT2D eigenvalue weighted by Crippen LogP contribution is 2.13. The van der Waals surface area contributed by atoms with Gasteiger partial charge in [-0.05, 0) is 32.4 Å². The van der Waals surface area contributed by atoms with Crippen LogP contribution in [0.25, 0.3) is 0 Å². The largest absolute Gasteiger partial charge is 0.341 e. The first-order chi connectivity index (χ1) is 8.18. The number of hydrogen-bond donors (Lipinski definition) is 1. The maximum Gasteiger partial charge on any atom is 0.242 e. The zero-order chi connectivity index (χ0) is 12.3. The summed E-state index contributed by atoms with van der Waals surface area (Å²) < 4.78 is 0. The smallest absolute Gasteiger partial charge is 0.242 e. The monoisotopic (exact) mass is 239 g/mol. The van der Waals surface area contributed by atoms with Gasteiger partial charge in [0.2, 0.25) is 11.8 Å². The topological polar surface area (TPSA) is 52.7 Å². The van der Waals surface area contributed by atoms with Gasteiger partial charge in [-0.25, -0.2) is 0 Å². The Morgan fingerprint density at radius 2 is 2.18 bits per heavy atom. The molecule has 0 aliphatic carbocycles. The van der Waals surface area contributed by atoms with Crippen LogP contribution in [-0.2, 0) is 9.59 Å². The number of carbonyl (C=O) groups excluding carboxylic acids is 2. The summed E-state index contributed by atoms with van der Waals surface area (Å²) in [5.41, 5.74) is 0. The number of piperidine rings is 1. The Bertz CT molecular complexity index is 300. The summed E-state index contributed by atoms with van der Waals surface area (Å²) in [6.45, 7) is 2.96. The second-order valence-electron chi connectivity index (χ2n) is 4.90. The summed E-state index contributed by atoms with van der Waals surface area (Å²) >= 11 is 0. The van der Waals surface area contributed by atoms with Gasteiger partial charge in [0.05, 0.1) is 6.54 Å². The molecule has 0 saturated carbocycles. The fourth-order valence-corrected chi connectivity index (χ4v) is 2.54. The molecule has 2 heterocycles. The van der Waals surface area contributed by atoms with Crippen LogP contribution in [-0.4, -0.2) is 60.9 Å². The third kappa shape index (κ3) is 2.97. The van der Waals surface area contributed by atoms with Crippen LogP contribution in [0.1, 0.15) is 25.7 Å². The standard InChI is InChI=1S/C12H21N3O2/c1-14(10-4-6-13-7-5-10)12(17)9-15-8-2-3-11(15)16/h10,13H,2-9H2,1H3. The molecule has 0 spiro atoms. The molecule has 0 atom stereocenters. The summed E-state index contributed by atoms with van der Waals surface area (Å²) in [5, 5.41) is 3.29. The maximum absolute atomic E-state index is 12.1. The minimum atomic E-state index is 0.0761. The molecule has 2 saturated heterocycles. The number of rotatable bonds is 3. The Labute approximate surface area is 102 Å². The molecule has 5 heteroatoms. The molecule has 0 aromatic carbocycles. The molecule has 2 fully saturated rings. The predicted octanol–water partition coefficient (Wildman–Crippen LogP) is -0.181. The first-order valence-corrected chi connectivity index (χ1v) is 6.42. The fraction of sp³-hybridized carbons (Fsp3) is 0.833. The van der Waals surface area contributed by atoms with E-state index in [4.69, 9.17) is 0 Å². The van der Waals surface area contributed by atoms with Crippen LogP contribution in [0.3, 0.4) is 0 Å². The Morgan fingerprint density at radius 3 is 2.76 bits per heavy atom. The molecule has 0 unspecified atom stereocenters. The van der Waals surface area contributed by atoms with Gasteiger partial charge in [-0.15, -0.1) is 0 Å². The molecular formula is C12H21N3O2. The number of likely N-dealkylation sites (tertiary alicyclic amines) is 1. The van der Waals surface area contributed by atoms with Crippen LogP contribution in [0, 0.1) is 0 Å². The van der Waals surface area contributed by atoms with Crippen LogP contribution in [0.5, 0.6) is 0 Å². The van der Waals surface area contributed by atoms with E-state index in [0.717, 1.165) is 38.9 Å². The number of carbonyl (C=O) groups is 2. The summed E-state index contributed by atoms with van der Waals surface area (Å²) in [7, 11) is 1.86. The highest BCUT2D eigenvalue weighted by molar-refractivity contribution is 5.85. The second kappa shape index (κ2) is 5.49. The highest BCUT2D eigenvalue weighted by atomic mass is 16.2. The maximum atomic E-state index is 12.1. The lowest BCUT2D eigenvalue weighted by Crippen LogP contribution is -2.47. The van der Waals surface area contributed by atoms with Crippen molar-refractivity contribution in [1.82, 2.24) is 15.1 Å². The zero-order valence-electron chi connectivity index (χ0n) is 10.4. The van der Waals surface area contributed by atoms with Crippen molar-refractivity contribution in [1.29, 1.82) is 0 Å². The van der Waals surface area contributed by atoms with E-state index in [1.54, 1.807) is 4.90 Å². The van der Waals surface area contributed by atoms with E-state index in [1.807, 2.05) is 11.9 Å². The van der Waals surface area contributed by atoms with Crippen molar-refractivity contribution in [3.63, 3.8) is 0 Å². The summed E-state index contributed by atoms with van der Waals surface area (Å²) in [6.07, 6.45) is 3.51. The lowest BCUT2D eigenvalue weighted by atomic mass is 10.1. The van der Waals surface area contributed by atoms with E-state index in [-0.39, 0.29) is 18.4 Å². The predicted molar refractivity (Wildman–Crippen MR) is 64.5 cm³/mol. The normalized spacial score (nSPS) is 21.9. The van der Waals surface area contributed by atoms with E-state index in [1.165, 1.54) is 0 Å². The van der Waals surface area contributed by atoms with E-state index in [2.05, 4.69) is 5.32 Å². The van der Waals surface area contributed by atoms with E-state index in [0.29, 0.717) is 12.5 Å². The molecule has 5 nitrogen and oxygen atoms in total. The molecule has 2 aliphatic rings. The quantitative estimate of drug-likeness (QED) is 0.743. The van der Waals surface area contributed by atoms with Gasteiger partial charge in [-0.1, -0.05) is 0 Å². The van der Waals surface area contributed by atoms with Gasteiger partial charge < -0.3 is 15.1 Å². The molecule has 96 valence electrons. The molecule has 0 aromatic heterocycles. The Morgan fingerprint density at radius 1 is 1.47 bits per heavy atom. The molecular weight excluding hydrogens is 218 g/mol. The van der Waals surface area contributed by atoms with Gasteiger partial charge in [-0.2, -0.15) is 0 Å². The van der Waals surface area contributed by atoms with Crippen molar-refractivity contribution in [2.75, 3.05) is 33.2 Å². The first kappa shape index (κ1) is 12.4. The molecule has 1 N–H and O–H groups in total. The Balaban J connectivity index is 1.83. The fourth-order valence-electron chi connectivity index (χ4n) is 2.54. The first-order valence-electron chi connectivity index (χ1n) is 6.42. The second-order valence-corrected chi connectivity index (χ2v) is 4.90. The van der Waals surface area contributed by atoms with Crippen LogP contribution in [0.15, 0.2) is 0 Å². The van der Waals surface area contributed by atoms with Gasteiger partial charge in [0, 0.05) is 26.1 Å². The van der Waals surface area contributed by atoms with Gasteiger partial charge in [0.25, 0.3) is 0 Å². The Kier molecular flexibility index (Phi) is 3.99. The molecule has 0 bridgehead atoms. The minimum absolute atomic E-state index is 0.0761. The van der Waals surface area contributed by atoms with Crippen LogP contribution in [0.4, 0.5) is 0 Å². The van der Waals surface area contributed by atoms with Crippen molar-refractivity contribution in [2.24, 2.45) is 0 Å². The molecule has 2 aliphatic heterocycles. The lowest BCUT2D eigenvalue weighted by Gasteiger charge is -2.32. The number of amides is 2. The van der Waals surface area contributed by atoms with Crippen LogP contribution >= 0.6 is 0 Å². The van der Waals surface area contributed by atoms with E-state index < -0.39 is 0 Å². The Hall–Kier alpha value is -1.10. The summed E-state index contributed by atoms with van der Waals surface area (Å²) in [6, 6.07) is 0.335. The molecule has 2 rings (SSSR count). The molecule has 2 amide bonds. The SMILES string of the molecule is CN(C(=O)CN1CCCC1=O)C1CCNCC1. The molecule has 0 aromatic rings.